The number of ether oxygens (including phenoxy) is 2. The third-order valence-electron chi connectivity index (χ3n) is 4.49. The predicted molar refractivity (Wildman–Crippen MR) is 126 cm³/mol. The second kappa shape index (κ2) is 10.8. The molecule has 3 rings (SSSR count). The number of nitrogens with one attached hydrogen (secondary N) is 2. The molecule has 7 heteroatoms. The van der Waals surface area contributed by atoms with Crippen LogP contribution in [0.5, 0.6) is 5.75 Å². The maximum absolute atomic E-state index is 12.2. The number of hydrogen-bond acceptors (Lipinski definition) is 5. The number of hydrogen-bond donors (Lipinski definition) is 2. The van der Waals surface area contributed by atoms with Crippen molar-refractivity contribution in [3.05, 3.63) is 82.2 Å². The predicted octanol–water partition coefficient (Wildman–Crippen LogP) is 4.66. The van der Waals surface area contributed by atoms with Crippen molar-refractivity contribution in [2.24, 2.45) is 0 Å². The first kappa shape index (κ1) is 21.8. The SMILES string of the molecule is COC(=O)c1cc(Cc2ccccc2)sc1NC(=S)NCCc1ccc(OC)cc1. The van der Waals surface area contributed by atoms with Gasteiger partial charge < -0.3 is 20.1 Å². The molecule has 2 aromatic carbocycles. The molecule has 0 spiro atoms. The fraction of sp³-hybridized carbons (Fsp3) is 0.217. The molecule has 0 bridgehead atoms. The van der Waals surface area contributed by atoms with Crippen LogP contribution in [0.15, 0.2) is 60.7 Å². The molecule has 0 saturated heterocycles. The normalized spacial score (nSPS) is 10.3. The molecule has 1 heterocycles. The lowest BCUT2D eigenvalue weighted by Gasteiger charge is -2.10. The van der Waals surface area contributed by atoms with E-state index in [0.29, 0.717) is 22.2 Å². The average Bonchev–Trinajstić information content (AvgIpc) is 3.16. The Labute approximate surface area is 186 Å². The molecular formula is C23H24N2O3S2. The molecule has 3 aromatic rings. The van der Waals surface area contributed by atoms with E-state index in [1.807, 2.05) is 48.5 Å². The van der Waals surface area contributed by atoms with Gasteiger partial charge >= 0.3 is 5.97 Å². The van der Waals surface area contributed by atoms with Crippen molar-refractivity contribution in [3.63, 3.8) is 0 Å². The lowest BCUT2D eigenvalue weighted by molar-refractivity contribution is 0.0602. The first-order chi connectivity index (χ1) is 14.6. The smallest absolute Gasteiger partial charge is 0.340 e. The molecule has 5 nitrogen and oxygen atoms in total. The number of benzene rings is 2. The summed E-state index contributed by atoms with van der Waals surface area (Å²) in [4.78, 5) is 13.3. The summed E-state index contributed by atoms with van der Waals surface area (Å²) in [5, 5.41) is 7.51. The molecule has 0 aliphatic heterocycles. The zero-order valence-electron chi connectivity index (χ0n) is 16.9. The number of carbonyl (C=O) groups is 1. The van der Waals surface area contributed by atoms with Crippen LogP contribution >= 0.6 is 23.6 Å². The Morgan fingerprint density at radius 2 is 1.77 bits per heavy atom. The molecule has 2 N–H and O–H groups in total. The van der Waals surface area contributed by atoms with E-state index in [1.54, 1.807) is 7.11 Å². The Hall–Kier alpha value is -2.90. The second-order valence-electron chi connectivity index (χ2n) is 6.59. The van der Waals surface area contributed by atoms with Crippen molar-refractivity contribution in [2.45, 2.75) is 12.8 Å². The summed E-state index contributed by atoms with van der Waals surface area (Å²) < 4.78 is 10.1. The van der Waals surface area contributed by atoms with Gasteiger partial charge in [-0.15, -0.1) is 11.3 Å². The first-order valence-electron chi connectivity index (χ1n) is 9.51. The van der Waals surface area contributed by atoms with Crippen LogP contribution in [0.2, 0.25) is 0 Å². The summed E-state index contributed by atoms with van der Waals surface area (Å²) in [5.41, 5.74) is 2.86. The molecule has 0 aliphatic carbocycles. The largest absolute Gasteiger partial charge is 0.497 e. The maximum atomic E-state index is 12.2. The van der Waals surface area contributed by atoms with E-state index < -0.39 is 0 Å². The van der Waals surface area contributed by atoms with E-state index in [2.05, 4.69) is 22.8 Å². The van der Waals surface area contributed by atoms with Crippen molar-refractivity contribution < 1.29 is 14.3 Å². The minimum atomic E-state index is -0.380. The highest BCUT2D eigenvalue weighted by Crippen LogP contribution is 2.30. The van der Waals surface area contributed by atoms with Crippen LogP contribution in [0.4, 0.5) is 5.00 Å². The quantitative estimate of drug-likeness (QED) is 0.392. The van der Waals surface area contributed by atoms with Gasteiger partial charge in [0, 0.05) is 17.8 Å². The van der Waals surface area contributed by atoms with Crippen LogP contribution in [0.1, 0.15) is 26.4 Å². The van der Waals surface area contributed by atoms with Crippen molar-refractivity contribution in [1.82, 2.24) is 5.32 Å². The van der Waals surface area contributed by atoms with Crippen LogP contribution in [0.3, 0.4) is 0 Å². The lowest BCUT2D eigenvalue weighted by Crippen LogP contribution is -2.30. The molecule has 1 aromatic heterocycles. The summed E-state index contributed by atoms with van der Waals surface area (Å²) in [5.74, 6) is 0.456. The molecule has 0 amide bonds. The highest BCUT2D eigenvalue weighted by atomic mass is 32.1. The van der Waals surface area contributed by atoms with Gasteiger partial charge in [0.1, 0.15) is 10.8 Å². The Bertz CT molecular complexity index is 985. The number of esters is 1. The fourth-order valence-electron chi connectivity index (χ4n) is 2.94. The van der Waals surface area contributed by atoms with Gasteiger partial charge in [-0.2, -0.15) is 0 Å². The second-order valence-corrected chi connectivity index (χ2v) is 8.13. The standard InChI is InChI=1S/C23H24N2O3S2/c1-27-18-10-8-16(9-11-18)12-13-24-23(29)25-21-20(22(26)28-2)15-19(30-21)14-17-6-4-3-5-7-17/h3-11,15H,12-14H2,1-2H3,(H2,24,25,29). The van der Waals surface area contributed by atoms with Crippen molar-refractivity contribution in [1.29, 1.82) is 0 Å². The Kier molecular flexibility index (Phi) is 7.82. The topological polar surface area (TPSA) is 59.6 Å². The van der Waals surface area contributed by atoms with Crippen LogP contribution in [0, 0.1) is 0 Å². The summed E-state index contributed by atoms with van der Waals surface area (Å²) in [7, 11) is 3.03. The van der Waals surface area contributed by atoms with E-state index in [-0.39, 0.29) is 5.97 Å². The van der Waals surface area contributed by atoms with Gasteiger partial charge in [-0.25, -0.2) is 4.79 Å². The van der Waals surface area contributed by atoms with Crippen LogP contribution in [0.25, 0.3) is 0 Å². The third kappa shape index (κ3) is 6.05. The van der Waals surface area contributed by atoms with Crippen LogP contribution in [-0.2, 0) is 17.6 Å². The zero-order chi connectivity index (χ0) is 21.3. The number of carbonyl (C=O) groups excluding carboxylic acids is 1. The summed E-state index contributed by atoms with van der Waals surface area (Å²) >= 11 is 6.93. The summed E-state index contributed by atoms with van der Waals surface area (Å²) in [6, 6.07) is 19.9. The van der Waals surface area contributed by atoms with E-state index in [4.69, 9.17) is 21.7 Å². The van der Waals surface area contributed by atoms with E-state index in [1.165, 1.54) is 29.6 Å². The van der Waals surface area contributed by atoms with Gasteiger partial charge in [0.25, 0.3) is 0 Å². The average molecular weight is 441 g/mol. The molecule has 0 atom stereocenters. The highest BCUT2D eigenvalue weighted by Gasteiger charge is 2.18. The third-order valence-corrected chi connectivity index (χ3v) is 5.79. The fourth-order valence-corrected chi connectivity index (χ4v) is 4.29. The zero-order valence-corrected chi connectivity index (χ0v) is 18.6. The van der Waals surface area contributed by atoms with E-state index >= 15 is 0 Å². The van der Waals surface area contributed by atoms with Crippen LogP contribution in [-0.4, -0.2) is 31.8 Å². The molecular weight excluding hydrogens is 416 g/mol. The molecule has 0 saturated carbocycles. The van der Waals surface area contributed by atoms with Gasteiger partial charge in [-0.3, -0.25) is 0 Å². The number of thiophene rings is 1. The number of methoxy groups -OCH3 is 2. The Morgan fingerprint density at radius 1 is 1.03 bits per heavy atom. The minimum absolute atomic E-state index is 0.380. The van der Waals surface area contributed by atoms with Crippen molar-refractivity contribution >= 4 is 39.6 Å². The summed E-state index contributed by atoms with van der Waals surface area (Å²) in [6.07, 6.45) is 1.56. The number of thiocarbonyl (C=S) groups is 1. The molecule has 0 fully saturated rings. The summed E-state index contributed by atoms with van der Waals surface area (Å²) in [6.45, 7) is 0.675. The Morgan fingerprint density at radius 3 is 2.43 bits per heavy atom. The number of anilines is 1. The molecule has 156 valence electrons. The maximum Gasteiger partial charge on any atom is 0.340 e. The van der Waals surface area contributed by atoms with Gasteiger partial charge in [-0.05, 0) is 48.0 Å². The number of rotatable bonds is 8. The van der Waals surface area contributed by atoms with Gasteiger partial charge in [0.15, 0.2) is 5.11 Å². The molecule has 30 heavy (non-hydrogen) atoms. The lowest BCUT2D eigenvalue weighted by atomic mass is 10.1. The van der Waals surface area contributed by atoms with Gasteiger partial charge in [-0.1, -0.05) is 42.5 Å². The minimum Gasteiger partial charge on any atom is -0.497 e. The van der Waals surface area contributed by atoms with Gasteiger partial charge in [0.05, 0.1) is 19.8 Å². The molecule has 0 aliphatic rings. The van der Waals surface area contributed by atoms with E-state index in [0.717, 1.165) is 23.5 Å². The van der Waals surface area contributed by atoms with Gasteiger partial charge in [0.2, 0.25) is 0 Å². The molecule has 0 radical (unpaired) electrons. The van der Waals surface area contributed by atoms with Crippen molar-refractivity contribution in [2.75, 3.05) is 26.1 Å². The molecule has 0 unspecified atom stereocenters. The monoisotopic (exact) mass is 440 g/mol. The Balaban J connectivity index is 1.60. The highest BCUT2D eigenvalue weighted by molar-refractivity contribution is 7.80. The first-order valence-corrected chi connectivity index (χ1v) is 10.7. The van der Waals surface area contributed by atoms with Crippen molar-refractivity contribution in [3.8, 4) is 5.75 Å². The van der Waals surface area contributed by atoms with Crippen LogP contribution < -0.4 is 15.4 Å². The van der Waals surface area contributed by atoms with E-state index in [9.17, 15) is 4.79 Å².